The first-order valence-corrected chi connectivity index (χ1v) is 15.5. The average Bonchev–Trinajstić information content (AvgIpc) is 3.21. The predicted octanol–water partition coefficient (Wildman–Crippen LogP) is 9.19. The minimum Gasteiger partial charge on any atom is -0.305 e. The van der Waals surface area contributed by atoms with Gasteiger partial charge in [0.05, 0.1) is 51.0 Å². The molecule has 0 atom stereocenters. The van der Waals surface area contributed by atoms with Gasteiger partial charge in [-0.15, -0.1) is 0 Å². The first-order chi connectivity index (χ1) is 22.7. The van der Waals surface area contributed by atoms with E-state index in [0.717, 1.165) is 28.7 Å². The van der Waals surface area contributed by atoms with E-state index in [1.165, 1.54) is 41.3 Å². The lowest BCUT2D eigenvalue weighted by atomic mass is 9.87. The van der Waals surface area contributed by atoms with Crippen LogP contribution >= 0.6 is 12.2 Å². The average molecular weight is 696 g/mol. The van der Waals surface area contributed by atoms with Gasteiger partial charge >= 0.3 is 6.18 Å². The Bertz CT molecular complexity index is 1910. The van der Waals surface area contributed by atoms with Crippen LogP contribution in [-0.4, -0.2) is 28.1 Å². The van der Waals surface area contributed by atoms with Crippen LogP contribution < -0.4 is 9.80 Å². The lowest BCUT2D eigenvalue weighted by Gasteiger charge is -2.30. The van der Waals surface area contributed by atoms with E-state index in [1.54, 1.807) is 47.6 Å². The quantitative estimate of drug-likeness (QED) is 0.142. The number of nitrogens with one attached hydrogen (secondary N) is 1. The Morgan fingerprint density at radius 1 is 0.878 bits per heavy atom. The van der Waals surface area contributed by atoms with Gasteiger partial charge in [-0.25, -0.2) is 8.78 Å². The predicted molar refractivity (Wildman–Crippen MR) is 181 cm³/mol. The van der Waals surface area contributed by atoms with Gasteiger partial charge in [0.15, 0.2) is 16.7 Å². The van der Waals surface area contributed by atoms with Crippen LogP contribution in [0.5, 0.6) is 0 Å². The number of nitriles is 2. The summed E-state index contributed by atoms with van der Waals surface area (Å²) in [5, 5.41) is 26.5. The lowest BCUT2D eigenvalue weighted by molar-refractivity contribution is -0.137. The van der Waals surface area contributed by atoms with Crippen LogP contribution in [0.25, 0.3) is 0 Å². The number of amidine groups is 1. The number of nitrogens with zero attached hydrogens (tertiary/aromatic N) is 4. The standard InChI is InChI=1S/C22H18F4N4OS.C14H16FNO/c1-4-18(31)15-8-7-14(10-17(15)23)30-20(32)29(19(28)21(30,2)3)13-6-5-12(11-27)16(9-13)22(24,25)26;1-4-13(17)11-6-5-10(7-12(11)15)8-14(2,3)9-16/h5-10,28H,4H2,1-3H3;5-7H,4,8H2,1-3H3. The van der Waals surface area contributed by atoms with E-state index in [0.29, 0.717) is 12.8 Å². The van der Waals surface area contributed by atoms with Gasteiger partial charge in [0.1, 0.15) is 17.5 Å². The Hall–Kier alpha value is -5.01. The molecule has 256 valence electrons. The van der Waals surface area contributed by atoms with Crippen molar-refractivity contribution in [3.8, 4) is 12.1 Å². The molecule has 3 aromatic rings. The smallest absolute Gasteiger partial charge is 0.305 e. The topological polar surface area (TPSA) is 112 Å². The monoisotopic (exact) mass is 695 g/mol. The van der Waals surface area contributed by atoms with Crippen LogP contribution in [0.2, 0.25) is 0 Å². The number of thiocarbonyl (C=S) groups is 1. The number of alkyl halides is 3. The Balaban J connectivity index is 0.000000323. The van der Waals surface area contributed by atoms with E-state index in [1.807, 2.05) is 0 Å². The fraction of sp³-hybridized carbons (Fsp3) is 0.333. The van der Waals surface area contributed by atoms with Gasteiger partial charge < -0.3 is 4.90 Å². The number of ketones is 2. The highest BCUT2D eigenvalue weighted by Gasteiger charge is 2.48. The molecule has 1 fully saturated rings. The molecule has 0 aliphatic carbocycles. The van der Waals surface area contributed by atoms with E-state index in [9.17, 15) is 31.5 Å². The van der Waals surface area contributed by atoms with Gasteiger partial charge in [-0.05, 0) is 100 Å². The van der Waals surface area contributed by atoms with Crippen LogP contribution in [-0.2, 0) is 12.6 Å². The maximum atomic E-state index is 14.6. The van der Waals surface area contributed by atoms with Crippen LogP contribution in [0.15, 0.2) is 54.6 Å². The molecule has 0 saturated carbocycles. The molecule has 13 heteroatoms. The minimum absolute atomic E-state index is 0.0354. The van der Waals surface area contributed by atoms with Gasteiger partial charge in [-0.3, -0.25) is 19.9 Å². The molecule has 1 N–H and O–H groups in total. The normalized spacial score (nSPS) is 14.1. The number of halogens is 5. The summed E-state index contributed by atoms with van der Waals surface area (Å²) in [7, 11) is 0. The van der Waals surface area contributed by atoms with Crippen LogP contribution in [0, 0.1) is 45.1 Å². The SMILES string of the molecule is CCC(=O)c1ccc(CC(C)(C)C#N)cc1F.CCC(=O)c1ccc(N2C(=S)N(c3ccc(C#N)c(C(F)(F)F)c3)C(=N)C2(C)C)cc1F. The van der Waals surface area contributed by atoms with Gasteiger partial charge in [-0.2, -0.15) is 23.7 Å². The van der Waals surface area contributed by atoms with Crippen LogP contribution in [0.1, 0.15) is 91.8 Å². The summed E-state index contributed by atoms with van der Waals surface area (Å²) < 4.78 is 68.5. The maximum Gasteiger partial charge on any atom is 0.417 e. The largest absolute Gasteiger partial charge is 0.417 e. The van der Waals surface area contributed by atoms with E-state index < -0.39 is 39.9 Å². The zero-order valence-electron chi connectivity index (χ0n) is 27.7. The zero-order chi connectivity index (χ0) is 37.1. The lowest BCUT2D eigenvalue weighted by Crippen LogP contribution is -2.44. The number of anilines is 2. The third kappa shape index (κ3) is 8.18. The minimum atomic E-state index is -4.77. The molecule has 0 bridgehead atoms. The second-order valence-corrected chi connectivity index (χ2v) is 12.8. The first kappa shape index (κ1) is 38.4. The summed E-state index contributed by atoms with van der Waals surface area (Å²) in [4.78, 5) is 25.9. The fourth-order valence-electron chi connectivity index (χ4n) is 5.19. The molecule has 0 aromatic heterocycles. The molecule has 4 rings (SSSR count). The molecule has 0 amide bonds. The highest BCUT2D eigenvalue weighted by molar-refractivity contribution is 7.81. The third-order valence-corrected chi connectivity index (χ3v) is 8.23. The van der Waals surface area contributed by atoms with Crippen molar-refractivity contribution in [3.63, 3.8) is 0 Å². The van der Waals surface area contributed by atoms with Crippen LogP contribution in [0.4, 0.5) is 33.3 Å². The molecule has 1 saturated heterocycles. The van der Waals surface area contributed by atoms with Gasteiger partial charge in [-0.1, -0.05) is 19.9 Å². The molecule has 0 unspecified atom stereocenters. The number of Topliss-reactive ketones (excluding diaryl/α,β-unsaturated/α-hetero) is 2. The van der Waals surface area contributed by atoms with Crippen molar-refractivity contribution in [3.05, 3.63) is 94.0 Å². The van der Waals surface area contributed by atoms with Crippen molar-refractivity contribution >= 4 is 46.1 Å². The molecule has 1 aliphatic rings. The van der Waals surface area contributed by atoms with Crippen molar-refractivity contribution in [2.24, 2.45) is 5.41 Å². The highest BCUT2D eigenvalue weighted by Crippen LogP contribution is 2.40. The first-order valence-electron chi connectivity index (χ1n) is 15.1. The summed E-state index contributed by atoms with van der Waals surface area (Å²) in [5.41, 5.74) is -2.34. The summed E-state index contributed by atoms with van der Waals surface area (Å²) in [6, 6.07) is 15.2. The summed E-state index contributed by atoms with van der Waals surface area (Å²) in [6.07, 6.45) is -3.88. The molecule has 7 nitrogen and oxygen atoms in total. The highest BCUT2D eigenvalue weighted by atomic mass is 32.1. The molecular formula is C36H34F5N5O2S. The summed E-state index contributed by atoms with van der Waals surface area (Å²) >= 11 is 5.48. The number of hydrogen-bond donors (Lipinski definition) is 1. The number of carbonyl (C=O) groups is 2. The van der Waals surface area contributed by atoms with Gasteiger partial charge in [0.2, 0.25) is 0 Å². The molecule has 0 spiro atoms. The number of carbonyl (C=O) groups excluding carboxylic acids is 2. The molecule has 3 aromatic carbocycles. The van der Waals surface area contributed by atoms with Crippen molar-refractivity contribution in [2.45, 2.75) is 72.5 Å². The number of rotatable bonds is 8. The number of hydrogen-bond acceptors (Lipinski definition) is 6. The molecule has 49 heavy (non-hydrogen) atoms. The van der Waals surface area contributed by atoms with Crippen molar-refractivity contribution in [1.82, 2.24) is 0 Å². The van der Waals surface area contributed by atoms with E-state index in [2.05, 4.69) is 6.07 Å². The Morgan fingerprint density at radius 3 is 1.88 bits per heavy atom. The Morgan fingerprint density at radius 2 is 1.41 bits per heavy atom. The maximum absolute atomic E-state index is 14.6. The van der Waals surface area contributed by atoms with E-state index in [4.69, 9.17) is 28.2 Å². The Kier molecular flexibility index (Phi) is 11.5. The zero-order valence-corrected chi connectivity index (χ0v) is 28.5. The molecule has 0 radical (unpaired) electrons. The van der Waals surface area contributed by atoms with Crippen LogP contribution in [0.3, 0.4) is 0 Å². The molecule has 1 heterocycles. The van der Waals surface area contributed by atoms with Crippen molar-refractivity contribution in [1.29, 1.82) is 15.9 Å². The van der Waals surface area contributed by atoms with Crippen molar-refractivity contribution in [2.75, 3.05) is 9.80 Å². The fourth-order valence-corrected chi connectivity index (χ4v) is 5.72. The summed E-state index contributed by atoms with van der Waals surface area (Å²) in [6.45, 7) is 10.2. The van der Waals surface area contributed by atoms with E-state index >= 15 is 0 Å². The van der Waals surface area contributed by atoms with E-state index in [-0.39, 0.29) is 51.4 Å². The summed E-state index contributed by atoms with van der Waals surface area (Å²) in [5.74, 6) is -1.95. The number of benzene rings is 3. The van der Waals surface area contributed by atoms with Crippen molar-refractivity contribution < 1.29 is 31.5 Å². The Labute approximate surface area is 287 Å². The molecular weight excluding hydrogens is 661 g/mol. The van der Waals surface area contributed by atoms with Gasteiger partial charge in [0, 0.05) is 18.5 Å². The third-order valence-electron chi connectivity index (χ3n) is 7.87. The molecule has 1 aliphatic heterocycles. The van der Waals surface area contributed by atoms with Gasteiger partial charge in [0.25, 0.3) is 0 Å². The second-order valence-electron chi connectivity index (χ2n) is 12.4. The second kappa shape index (κ2) is 14.6.